The van der Waals surface area contributed by atoms with Crippen LogP contribution < -0.4 is 5.32 Å². The Morgan fingerprint density at radius 3 is 2.76 bits per heavy atom. The predicted octanol–water partition coefficient (Wildman–Crippen LogP) is 3.69. The third kappa shape index (κ3) is 6.42. The Kier molecular flexibility index (Phi) is 8.68. The van der Waals surface area contributed by atoms with Gasteiger partial charge in [-0.15, -0.1) is 0 Å². The van der Waals surface area contributed by atoms with E-state index in [0.717, 1.165) is 25.1 Å². The van der Waals surface area contributed by atoms with Gasteiger partial charge in [-0.05, 0) is 49.4 Å². The molecule has 0 radical (unpaired) electrons. The lowest BCUT2D eigenvalue weighted by atomic mass is 9.82. The highest BCUT2D eigenvalue weighted by Crippen LogP contribution is 2.42. The van der Waals surface area contributed by atoms with Gasteiger partial charge in [-0.25, -0.2) is 0 Å². The molecule has 41 heavy (non-hydrogen) atoms. The molecule has 11 heteroatoms. The number of carbonyl (C=O) groups is 2. The molecule has 1 saturated heterocycles. The van der Waals surface area contributed by atoms with Crippen LogP contribution in [0, 0.1) is 5.41 Å². The van der Waals surface area contributed by atoms with E-state index in [1.165, 1.54) is 0 Å². The molecule has 4 atom stereocenters. The van der Waals surface area contributed by atoms with Gasteiger partial charge in [-0.1, -0.05) is 18.2 Å². The summed E-state index contributed by atoms with van der Waals surface area (Å²) in [4.78, 5) is 34.9. The minimum Gasteiger partial charge on any atom is -0.379 e. The molecular weight excluding hydrogens is 537 g/mol. The standard InChI is InChI=1S/C30H37F3N4O4/c1-36(27(38)20-6-4-3-5-7-20)19-29(11-8-23(15-29)35-25-10-13-41-18-26(25)40-2)28(39)37-12-9-24-21(17-37)14-22(16-34-24)30(31,32)33/h3-7,14,16,23,25-26,35H,8-13,15,17-19H2,1-2H3/t23?,25?,26?,29-/m0/s1. The first-order valence-corrected chi connectivity index (χ1v) is 14.1. The number of methoxy groups -OCH3 is 1. The Balaban J connectivity index is 1.38. The van der Waals surface area contributed by atoms with Gasteiger partial charge in [0.25, 0.3) is 5.91 Å². The van der Waals surface area contributed by atoms with Crippen LogP contribution in [-0.4, -0.2) is 85.2 Å². The number of carbonyl (C=O) groups excluding carboxylic acids is 2. The number of amides is 2. The SMILES string of the molecule is COC1COCCC1NC1CC[C@](CN(C)C(=O)c2ccccc2)(C(=O)N2CCc3ncc(C(F)(F)F)cc3C2)C1. The maximum Gasteiger partial charge on any atom is 0.417 e. The molecule has 0 spiro atoms. The molecule has 2 aromatic rings. The minimum atomic E-state index is -4.51. The second-order valence-electron chi connectivity index (χ2n) is 11.5. The fraction of sp³-hybridized carbons (Fsp3) is 0.567. The lowest BCUT2D eigenvalue weighted by Crippen LogP contribution is -2.53. The summed E-state index contributed by atoms with van der Waals surface area (Å²) in [6.45, 7) is 1.77. The van der Waals surface area contributed by atoms with Crippen LogP contribution in [-0.2, 0) is 33.4 Å². The van der Waals surface area contributed by atoms with Crippen molar-refractivity contribution in [1.82, 2.24) is 20.1 Å². The first kappa shape index (κ1) is 29.5. The van der Waals surface area contributed by atoms with Gasteiger partial charge in [-0.2, -0.15) is 13.2 Å². The Bertz CT molecular complexity index is 1240. The molecule has 1 saturated carbocycles. The van der Waals surface area contributed by atoms with Gasteiger partial charge in [0.15, 0.2) is 0 Å². The zero-order valence-electron chi connectivity index (χ0n) is 23.5. The summed E-state index contributed by atoms with van der Waals surface area (Å²) in [6, 6.07) is 10.1. The van der Waals surface area contributed by atoms with Crippen molar-refractivity contribution in [2.24, 2.45) is 5.41 Å². The molecule has 1 aromatic heterocycles. The average molecular weight is 575 g/mol. The van der Waals surface area contributed by atoms with Crippen molar-refractivity contribution in [2.75, 3.05) is 40.5 Å². The number of ether oxygens (including phenoxy) is 2. The topological polar surface area (TPSA) is 84.0 Å². The highest BCUT2D eigenvalue weighted by molar-refractivity contribution is 5.94. The monoisotopic (exact) mass is 574 g/mol. The van der Waals surface area contributed by atoms with Crippen LogP contribution >= 0.6 is 0 Å². The van der Waals surface area contributed by atoms with Crippen molar-refractivity contribution in [3.05, 3.63) is 65.0 Å². The van der Waals surface area contributed by atoms with Gasteiger partial charge < -0.3 is 24.6 Å². The largest absolute Gasteiger partial charge is 0.417 e. The number of hydrogen-bond donors (Lipinski definition) is 1. The first-order chi connectivity index (χ1) is 19.6. The van der Waals surface area contributed by atoms with Crippen molar-refractivity contribution in [2.45, 2.75) is 63.0 Å². The van der Waals surface area contributed by atoms with Crippen molar-refractivity contribution in [1.29, 1.82) is 0 Å². The summed E-state index contributed by atoms with van der Waals surface area (Å²) in [6.07, 6.45) is -0.768. The van der Waals surface area contributed by atoms with Crippen LogP contribution in [0.1, 0.15) is 52.9 Å². The fourth-order valence-electron chi connectivity index (χ4n) is 6.53. The number of halogens is 3. The summed E-state index contributed by atoms with van der Waals surface area (Å²) in [5.74, 6) is -0.311. The van der Waals surface area contributed by atoms with Gasteiger partial charge in [0.2, 0.25) is 5.91 Å². The van der Waals surface area contributed by atoms with Gasteiger partial charge >= 0.3 is 6.18 Å². The van der Waals surface area contributed by atoms with Crippen LogP contribution in [0.15, 0.2) is 42.6 Å². The summed E-state index contributed by atoms with van der Waals surface area (Å²) in [7, 11) is 3.36. The third-order valence-electron chi connectivity index (χ3n) is 8.68. The minimum absolute atomic E-state index is 0.0236. The van der Waals surface area contributed by atoms with Crippen molar-refractivity contribution < 1.29 is 32.2 Å². The molecule has 0 bridgehead atoms. The Morgan fingerprint density at radius 2 is 2.02 bits per heavy atom. The van der Waals surface area contributed by atoms with Gasteiger partial charge in [0.05, 0.1) is 23.7 Å². The maximum absolute atomic E-state index is 14.3. The molecule has 2 fully saturated rings. The molecule has 2 aliphatic heterocycles. The van der Waals surface area contributed by atoms with E-state index in [1.54, 1.807) is 48.2 Å². The van der Waals surface area contributed by atoms with E-state index >= 15 is 0 Å². The molecule has 1 aromatic carbocycles. The molecule has 1 aliphatic carbocycles. The van der Waals surface area contributed by atoms with Crippen LogP contribution in [0.4, 0.5) is 13.2 Å². The lowest BCUT2D eigenvalue weighted by Gasteiger charge is -2.39. The second kappa shape index (κ2) is 12.1. The zero-order valence-corrected chi connectivity index (χ0v) is 23.5. The van der Waals surface area contributed by atoms with Crippen LogP contribution in [0.2, 0.25) is 0 Å². The Labute approximate surface area is 238 Å². The number of nitrogens with one attached hydrogen (secondary N) is 1. The molecule has 3 unspecified atom stereocenters. The molecule has 2 amide bonds. The van der Waals surface area contributed by atoms with Crippen LogP contribution in [0.3, 0.4) is 0 Å². The van der Waals surface area contributed by atoms with Crippen LogP contribution in [0.25, 0.3) is 0 Å². The Hall–Kier alpha value is -3.02. The number of benzene rings is 1. The van der Waals surface area contributed by atoms with Gasteiger partial charge in [0.1, 0.15) is 0 Å². The predicted molar refractivity (Wildman–Crippen MR) is 145 cm³/mol. The number of pyridine rings is 1. The number of aromatic nitrogens is 1. The molecule has 3 aliphatic rings. The van der Waals surface area contributed by atoms with E-state index in [9.17, 15) is 22.8 Å². The first-order valence-electron chi connectivity index (χ1n) is 14.1. The molecule has 222 valence electrons. The highest BCUT2D eigenvalue weighted by atomic mass is 19.4. The highest BCUT2D eigenvalue weighted by Gasteiger charge is 2.49. The molecule has 1 N–H and O–H groups in total. The number of fused-ring (bicyclic) bond motifs is 1. The summed E-state index contributed by atoms with van der Waals surface area (Å²) >= 11 is 0. The fourth-order valence-corrected chi connectivity index (χ4v) is 6.53. The van der Waals surface area contributed by atoms with E-state index < -0.39 is 17.2 Å². The van der Waals surface area contributed by atoms with E-state index in [-0.39, 0.29) is 43.1 Å². The summed E-state index contributed by atoms with van der Waals surface area (Å²) in [5.41, 5.74) is -0.155. The number of rotatable bonds is 7. The maximum atomic E-state index is 14.3. The molecule has 8 nitrogen and oxygen atoms in total. The summed E-state index contributed by atoms with van der Waals surface area (Å²) in [5, 5.41) is 3.69. The number of hydrogen-bond acceptors (Lipinski definition) is 6. The number of nitrogens with zero attached hydrogens (tertiary/aromatic N) is 3. The number of alkyl halides is 3. The van der Waals surface area contributed by atoms with Crippen molar-refractivity contribution in [3.63, 3.8) is 0 Å². The molecule has 5 rings (SSSR count). The van der Waals surface area contributed by atoms with Gasteiger partial charge in [0, 0.05) is 76.4 Å². The van der Waals surface area contributed by atoms with E-state index in [1.807, 2.05) is 6.07 Å². The normalized spacial score (nSPS) is 26.5. The van der Waals surface area contributed by atoms with E-state index in [2.05, 4.69) is 10.3 Å². The molecular formula is C30H37F3N4O4. The molecule has 3 heterocycles. The smallest absolute Gasteiger partial charge is 0.379 e. The second-order valence-corrected chi connectivity index (χ2v) is 11.5. The quantitative estimate of drug-likeness (QED) is 0.543. The Morgan fingerprint density at radius 1 is 1.24 bits per heavy atom. The zero-order chi connectivity index (χ0) is 29.2. The third-order valence-corrected chi connectivity index (χ3v) is 8.68. The summed E-state index contributed by atoms with van der Waals surface area (Å²) < 4.78 is 51.3. The lowest BCUT2D eigenvalue weighted by molar-refractivity contribution is -0.143. The van der Waals surface area contributed by atoms with Crippen molar-refractivity contribution >= 4 is 11.8 Å². The van der Waals surface area contributed by atoms with Crippen molar-refractivity contribution in [3.8, 4) is 0 Å². The average Bonchev–Trinajstić information content (AvgIpc) is 3.39. The van der Waals surface area contributed by atoms with Crippen LogP contribution in [0.5, 0.6) is 0 Å². The van der Waals surface area contributed by atoms with Gasteiger partial charge in [-0.3, -0.25) is 14.6 Å². The van der Waals surface area contributed by atoms with E-state index in [4.69, 9.17) is 9.47 Å². The van der Waals surface area contributed by atoms with E-state index in [0.29, 0.717) is 55.8 Å².